The van der Waals surface area contributed by atoms with E-state index in [9.17, 15) is 9.59 Å². The van der Waals surface area contributed by atoms with E-state index < -0.39 is 0 Å². The third kappa shape index (κ3) is 3.92. The number of fused-ring (bicyclic) bond motifs is 8. The molecular formula is C34H36N4O2. The molecule has 0 aromatic carbocycles. The number of rotatable bonds is 5. The van der Waals surface area contributed by atoms with Crippen molar-refractivity contribution in [3.05, 3.63) is 75.4 Å². The Labute approximate surface area is 234 Å². The lowest BCUT2D eigenvalue weighted by molar-refractivity contribution is -0.117. The number of hydrogen-bond donors (Lipinski definition) is 2. The zero-order chi connectivity index (χ0) is 28.5. The molecule has 6 heteroatoms. The molecule has 2 atom stereocenters. The van der Waals surface area contributed by atoms with Crippen molar-refractivity contribution < 1.29 is 9.59 Å². The van der Waals surface area contributed by atoms with E-state index in [2.05, 4.69) is 62.4 Å². The summed E-state index contributed by atoms with van der Waals surface area (Å²) in [4.78, 5) is 42.9. The third-order valence-corrected chi connectivity index (χ3v) is 9.16. The van der Waals surface area contributed by atoms with Gasteiger partial charge in [0.05, 0.1) is 22.6 Å². The second-order valence-electron chi connectivity index (χ2n) is 11.5. The fourth-order valence-electron chi connectivity index (χ4n) is 6.79. The van der Waals surface area contributed by atoms with E-state index in [1.807, 2.05) is 13.0 Å². The van der Waals surface area contributed by atoms with Crippen LogP contribution in [-0.2, 0) is 11.2 Å². The topological polar surface area (TPSA) is 91.5 Å². The van der Waals surface area contributed by atoms with Crippen molar-refractivity contribution in [2.45, 2.75) is 79.1 Å². The second-order valence-corrected chi connectivity index (χ2v) is 11.5. The smallest absolute Gasteiger partial charge is 0.169 e. The van der Waals surface area contributed by atoms with Crippen LogP contribution in [0.1, 0.15) is 114 Å². The Kier molecular flexibility index (Phi) is 6.25. The normalized spacial score (nSPS) is 18.1. The van der Waals surface area contributed by atoms with E-state index in [1.54, 1.807) is 6.92 Å². The van der Waals surface area contributed by atoms with Gasteiger partial charge in [-0.25, -0.2) is 4.98 Å². The predicted molar refractivity (Wildman–Crippen MR) is 162 cm³/mol. The van der Waals surface area contributed by atoms with Crippen LogP contribution >= 0.6 is 0 Å². The van der Waals surface area contributed by atoms with E-state index in [4.69, 9.17) is 9.97 Å². The van der Waals surface area contributed by atoms with Gasteiger partial charge in [0.15, 0.2) is 5.78 Å². The molecule has 5 heterocycles. The Bertz CT molecular complexity index is 1830. The molecule has 1 aliphatic carbocycles. The van der Waals surface area contributed by atoms with Crippen LogP contribution in [-0.4, -0.2) is 31.5 Å². The number of allylic oxidation sites excluding steroid dienone is 2. The number of carbonyl (C=O) groups excluding carboxylic acids is 2. The SMILES string of the molecule is C=Cc1c(C)c2cc3nc(c4c5[nH]c(cc6nc(cc1[nH]2)C(C)=C6CC)c(C)c5C(=O)C4)C(CCC(C)=O)[C@@H]3C. The maximum absolute atomic E-state index is 13.4. The maximum atomic E-state index is 13.4. The second kappa shape index (κ2) is 9.54. The lowest BCUT2D eigenvalue weighted by Gasteiger charge is -2.16. The van der Waals surface area contributed by atoms with Crippen LogP contribution in [0.15, 0.2) is 24.8 Å². The van der Waals surface area contributed by atoms with Crippen molar-refractivity contribution in [2.24, 2.45) is 0 Å². The van der Waals surface area contributed by atoms with Crippen LogP contribution < -0.4 is 0 Å². The van der Waals surface area contributed by atoms with Crippen molar-refractivity contribution >= 4 is 50.9 Å². The molecule has 40 heavy (non-hydrogen) atoms. The van der Waals surface area contributed by atoms with Crippen LogP contribution in [0, 0.1) is 13.8 Å². The van der Waals surface area contributed by atoms with Gasteiger partial charge < -0.3 is 14.8 Å². The Morgan fingerprint density at radius 1 is 1.05 bits per heavy atom. The average Bonchev–Trinajstić information content (AvgIpc) is 3.65. The van der Waals surface area contributed by atoms with E-state index in [-0.39, 0.29) is 23.4 Å². The summed E-state index contributed by atoms with van der Waals surface area (Å²) in [5, 5.41) is 0. The lowest BCUT2D eigenvalue weighted by atomic mass is 9.85. The van der Waals surface area contributed by atoms with Gasteiger partial charge in [0.1, 0.15) is 5.78 Å². The number of carbonyl (C=O) groups is 2. The first-order chi connectivity index (χ1) is 19.1. The number of ketones is 2. The Morgan fingerprint density at radius 2 is 1.77 bits per heavy atom. The molecule has 3 aromatic rings. The highest BCUT2D eigenvalue weighted by Crippen LogP contribution is 2.44. The molecule has 6 nitrogen and oxygen atoms in total. The molecule has 0 amide bonds. The van der Waals surface area contributed by atoms with Crippen molar-refractivity contribution in [1.29, 1.82) is 0 Å². The van der Waals surface area contributed by atoms with Gasteiger partial charge in [0, 0.05) is 63.6 Å². The van der Waals surface area contributed by atoms with Crippen LogP contribution in [0.4, 0.5) is 0 Å². The molecule has 1 unspecified atom stereocenters. The largest absolute Gasteiger partial charge is 0.355 e. The third-order valence-electron chi connectivity index (χ3n) is 9.16. The number of aryl methyl sites for hydroxylation is 2. The van der Waals surface area contributed by atoms with Gasteiger partial charge in [0.25, 0.3) is 0 Å². The van der Waals surface area contributed by atoms with Gasteiger partial charge in [-0.05, 0) is 81.0 Å². The maximum Gasteiger partial charge on any atom is 0.169 e. The average molecular weight is 533 g/mol. The van der Waals surface area contributed by atoms with Crippen molar-refractivity contribution in [3.63, 3.8) is 0 Å². The number of Topliss-reactive ketones (excluding diaryl/α,β-unsaturated/α-hetero) is 2. The Morgan fingerprint density at radius 3 is 2.48 bits per heavy atom. The highest BCUT2D eigenvalue weighted by molar-refractivity contribution is 6.13. The van der Waals surface area contributed by atoms with Gasteiger partial charge >= 0.3 is 0 Å². The quantitative estimate of drug-likeness (QED) is 0.349. The van der Waals surface area contributed by atoms with Crippen LogP contribution in [0.5, 0.6) is 0 Å². The van der Waals surface area contributed by atoms with Crippen molar-refractivity contribution in [2.75, 3.05) is 0 Å². The molecule has 2 N–H and O–H groups in total. The molecule has 3 aliphatic rings. The summed E-state index contributed by atoms with van der Waals surface area (Å²) in [5.41, 5.74) is 14.7. The highest BCUT2D eigenvalue weighted by atomic mass is 16.1. The summed E-state index contributed by atoms with van der Waals surface area (Å²) in [6, 6.07) is 6.34. The molecule has 0 fully saturated rings. The molecule has 3 aromatic heterocycles. The van der Waals surface area contributed by atoms with Crippen LogP contribution in [0.2, 0.25) is 0 Å². The Hall–Kier alpha value is -4.06. The van der Waals surface area contributed by atoms with Crippen LogP contribution in [0.25, 0.3) is 39.3 Å². The minimum Gasteiger partial charge on any atom is -0.355 e. The van der Waals surface area contributed by atoms with Gasteiger partial charge in [0.2, 0.25) is 0 Å². The molecule has 204 valence electrons. The number of aromatic amines is 2. The summed E-state index contributed by atoms with van der Waals surface area (Å²) in [5.74, 6) is 0.454. The van der Waals surface area contributed by atoms with Gasteiger partial charge in [-0.1, -0.05) is 26.5 Å². The van der Waals surface area contributed by atoms with E-state index in [0.717, 1.165) is 84.7 Å². The molecule has 2 aliphatic heterocycles. The van der Waals surface area contributed by atoms with Crippen molar-refractivity contribution in [1.82, 2.24) is 19.9 Å². The summed E-state index contributed by atoms with van der Waals surface area (Å²) in [7, 11) is 0. The fraction of sp³-hybridized carbons (Fsp3) is 0.353. The van der Waals surface area contributed by atoms with E-state index >= 15 is 0 Å². The molecular weight excluding hydrogens is 496 g/mol. The number of aromatic nitrogens is 4. The van der Waals surface area contributed by atoms with Gasteiger partial charge in [-0.15, -0.1) is 0 Å². The fourth-order valence-corrected chi connectivity index (χ4v) is 6.79. The highest BCUT2D eigenvalue weighted by Gasteiger charge is 2.35. The minimum atomic E-state index is 0.0593. The zero-order valence-electron chi connectivity index (χ0n) is 24.2. The molecule has 6 rings (SSSR count). The standard InChI is InChI=1S/C34H36N4O2/c1-8-21-17(4)25-13-27-19(6)23(11-10-16(3)39)33(37-27)24-12-31(40)32-20(7)28(38-34(24)32)15-30-22(9-2)18(5)26(36-30)14-29(21)35-25/h8,13-15,19,23,35,38H,1,9-12H2,2-7H3/t19-,23?/m0/s1. The molecule has 0 radical (unpaired) electrons. The molecule has 0 saturated carbocycles. The molecule has 0 spiro atoms. The monoisotopic (exact) mass is 532 g/mol. The van der Waals surface area contributed by atoms with Gasteiger partial charge in [-0.3, -0.25) is 9.78 Å². The van der Waals surface area contributed by atoms with Crippen molar-refractivity contribution in [3.8, 4) is 0 Å². The van der Waals surface area contributed by atoms with Crippen LogP contribution in [0.3, 0.4) is 0 Å². The minimum absolute atomic E-state index is 0.0593. The first-order valence-corrected chi connectivity index (χ1v) is 14.2. The number of H-pyrrole nitrogens is 2. The van der Waals surface area contributed by atoms with E-state index in [0.29, 0.717) is 19.3 Å². The zero-order valence-corrected chi connectivity index (χ0v) is 24.2. The molecule has 8 bridgehead atoms. The first-order valence-electron chi connectivity index (χ1n) is 14.2. The number of hydrogen-bond acceptors (Lipinski definition) is 4. The Balaban J connectivity index is 1.77. The predicted octanol–water partition coefficient (Wildman–Crippen LogP) is 7.91. The molecule has 0 saturated heterocycles. The summed E-state index contributed by atoms with van der Waals surface area (Å²) >= 11 is 0. The summed E-state index contributed by atoms with van der Waals surface area (Å²) < 4.78 is 0. The summed E-state index contributed by atoms with van der Waals surface area (Å²) in [6.45, 7) is 16.3. The lowest BCUT2D eigenvalue weighted by Crippen LogP contribution is -2.07. The summed E-state index contributed by atoms with van der Waals surface area (Å²) in [6.07, 6.45) is 4.28. The number of nitrogens with zero attached hydrogens (tertiary/aromatic N) is 2. The van der Waals surface area contributed by atoms with Gasteiger partial charge in [-0.2, -0.15) is 0 Å². The first kappa shape index (κ1) is 26.2. The number of nitrogens with one attached hydrogen (secondary N) is 2. The van der Waals surface area contributed by atoms with E-state index in [1.165, 1.54) is 5.57 Å².